The molecular weight excluding hydrogens is 325 g/mol. The molecule has 2 rings (SSSR count). The number of anilines is 2. The second-order valence-electron chi connectivity index (χ2n) is 4.92. The Morgan fingerprint density at radius 2 is 1.88 bits per heavy atom. The smallest absolute Gasteiger partial charge is 0.177 e. The molecule has 6 heteroatoms. The zero-order valence-electron chi connectivity index (χ0n) is 13.3. The number of nitrogens with one attached hydrogen (secondary N) is 1. The molecule has 0 unspecified atom stereocenters. The van der Waals surface area contributed by atoms with Gasteiger partial charge < -0.3 is 15.0 Å². The molecule has 0 saturated carbocycles. The Morgan fingerprint density at radius 1 is 1.21 bits per heavy atom. The van der Waals surface area contributed by atoms with Crippen molar-refractivity contribution in [2.75, 3.05) is 23.4 Å². The first-order chi connectivity index (χ1) is 11.6. The minimum Gasteiger partial charge on any atom is -0.494 e. The van der Waals surface area contributed by atoms with E-state index in [1.165, 1.54) is 12.1 Å². The number of rotatable bonds is 6. The maximum Gasteiger partial charge on any atom is 0.177 e. The molecule has 0 heterocycles. The van der Waals surface area contributed by atoms with Crippen LogP contribution in [0, 0.1) is 17.1 Å². The van der Waals surface area contributed by atoms with E-state index in [1.54, 1.807) is 17.0 Å². The first kappa shape index (κ1) is 17.7. The third kappa shape index (κ3) is 4.93. The molecule has 2 aromatic carbocycles. The molecule has 0 saturated heterocycles. The maximum atomic E-state index is 13.1. The molecule has 2 aromatic rings. The van der Waals surface area contributed by atoms with Crippen molar-refractivity contribution in [1.29, 1.82) is 5.26 Å². The van der Waals surface area contributed by atoms with Crippen LogP contribution < -0.4 is 15.0 Å². The molecule has 124 valence electrons. The third-order valence-corrected chi connectivity index (χ3v) is 3.57. The van der Waals surface area contributed by atoms with E-state index in [-0.39, 0.29) is 5.82 Å². The van der Waals surface area contributed by atoms with E-state index in [2.05, 4.69) is 11.4 Å². The van der Waals surface area contributed by atoms with Gasteiger partial charge in [0.2, 0.25) is 0 Å². The summed E-state index contributed by atoms with van der Waals surface area (Å²) in [6.07, 6.45) is 0.308. The monoisotopic (exact) mass is 343 g/mol. The summed E-state index contributed by atoms with van der Waals surface area (Å²) >= 11 is 5.45. The van der Waals surface area contributed by atoms with E-state index in [4.69, 9.17) is 22.2 Å². The fraction of sp³-hybridized carbons (Fsp3) is 0.222. The van der Waals surface area contributed by atoms with Crippen LogP contribution in [-0.2, 0) is 0 Å². The molecular formula is C18H18FN3OS. The van der Waals surface area contributed by atoms with Crippen LogP contribution >= 0.6 is 12.2 Å². The number of nitriles is 1. The molecule has 0 aliphatic heterocycles. The van der Waals surface area contributed by atoms with Crippen molar-refractivity contribution < 1.29 is 9.13 Å². The number of thiocarbonyl (C=S) groups is 1. The largest absolute Gasteiger partial charge is 0.494 e. The van der Waals surface area contributed by atoms with Crippen molar-refractivity contribution in [3.05, 3.63) is 54.3 Å². The van der Waals surface area contributed by atoms with E-state index in [0.29, 0.717) is 24.7 Å². The Balaban J connectivity index is 2.12. The van der Waals surface area contributed by atoms with Gasteiger partial charge in [-0.3, -0.25) is 0 Å². The van der Waals surface area contributed by atoms with Crippen molar-refractivity contribution >= 4 is 28.7 Å². The van der Waals surface area contributed by atoms with Gasteiger partial charge in [-0.05, 0) is 67.7 Å². The first-order valence-corrected chi connectivity index (χ1v) is 7.98. The average Bonchev–Trinajstić information content (AvgIpc) is 2.59. The number of nitrogens with zero attached hydrogens (tertiary/aromatic N) is 2. The minimum atomic E-state index is -0.315. The van der Waals surface area contributed by atoms with Gasteiger partial charge in [0.25, 0.3) is 0 Å². The number of halogens is 1. The zero-order chi connectivity index (χ0) is 17.4. The van der Waals surface area contributed by atoms with E-state index in [1.807, 2.05) is 31.2 Å². The second kappa shape index (κ2) is 8.85. The van der Waals surface area contributed by atoms with Gasteiger partial charge in [0, 0.05) is 17.9 Å². The van der Waals surface area contributed by atoms with Gasteiger partial charge in [-0.1, -0.05) is 0 Å². The number of hydrogen-bond donors (Lipinski definition) is 1. The van der Waals surface area contributed by atoms with Crippen LogP contribution in [0.3, 0.4) is 0 Å². The standard InChI is InChI=1S/C18H18FN3OS/c1-2-23-17-10-6-15(7-11-17)21-18(24)22(13-3-12-20)16-8-4-14(19)5-9-16/h4-11H,2-3,13H2,1H3,(H,21,24). The number of hydrogen-bond acceptors (Lipinski definition) is 3. The lowest BCUT2D eigenvalue weighted by Gasteiger charge is -2.25. The highest BCUT2D eigenvalue weighted by Crippen LogP contribution is 2.19. The van der Waals surface area contributed by atoms with Gasteiger partial charge in [0.15, 0.2) is 5.11 Å². The van der Waals surface area contributed by atoms with Crippen molar-refractivity contribution in [2.45, 2.75) is 13.3 Å². The van der Waals surface area contributed by atoms with Gasteiger partial charge in [-0.2, -0.15) is 5.26 Å². The highest BCUT2D eigenvalue weighted by molar-refractivity contribution is 7.80. The molecule has 0 bridgehead atoms. The van der Waals surface area contributed by atoms with Crippen molar-refractivity contribution in [3.63, 3.8) is 0 Å². The van der Waals surface area contributed by atoms with Crippen LogP contribution in [0.4, 0.5) is 15.8 Å². The lowest BCUT2D eigenvalue weighted by atomic mass is 10.2. The molecule has 0 fully saturated rings. The molecule has 4 nitrogen and oxygen atoms in total. The van der Waals surface area contributed by atoms with Crippen LogP contribution in [0.5, 0.6) is 5.75 Å². The van der Waals surface area contributed by atoms with E-state index >= 15 is 0 Å². The summed E-state index contributed by atoms with van der Waals surface area (Å²) in [6, 6.07) is 15.6. The second-order valence-corrected chi connectivity index (χ2v) is 5.31. The highest BCUT2D eigenvalue weighted by Gasteiger charge is 2.12. The summed E-state index contributed by atoms with van der Waals surface area (Å²) in [4.78, 5) is 1.77. The Bertz CT molecular complexity index is 711. The normalized spacial score (nSPS) is 9.88. The molecule has 0 spiro atoms. The fourth-order valence-corrected chi connectivity index (χ4v) is 2.44. The van der Waals surface area contributed by atoms with Gasteiger partial charge >= 0.3 is 0 Å². The highest BCUT2D eigenvalue weighted by atomic mass is 32.1. The Kier molecular flexibility index (Phi) is 6.52. The Labute approximate surface area is 146 Å². The van der Waals surface area contributed by atoms with Crippen LogP contribution in [0.2, 0.25) is 0 Å². The predicted molar refractivity (Wildman–Crippen MR) is 97.8 cm³/mol. The minimum absolute atomic E-state index is 0.308. The summed E-state index contributed by atoms with van der Waals surface area (Å²) in [5, 5.41) is 12.4. The van der Waals surface area contributed by atoms with E-state index < -0.39 is 0 Å². The summed E-state index contributed by atoms with van der Waals surface area (Å²) in [5.74, 6) is 0.471. The molecule has 0 aliphatic rings. The topological polar surface area (TPSA) is 48.3 Å². The van der Waals surface area contributed by atoms with Crippen LogP contribution in [0.25, 0.3) is 0 Å². The summed E-state index contributed by atoms with van der Waals surface area (Å²) in [5.41, 5.74) is 1.54. The van der Waals surface area contributed by atoms with Gasteiger partial charge in [-0.25, -0.2) is 4.39 Å². The van der Waals surface area contributed by atoms with Gasteiger partial charge in [-0.15, -0.1) is 0 Å². The zero-order valence-corrected chi connectivity index (χ0v) is 14.1. The quantitative estimate of drug-likeness (QED) is 0.791. The number of ether oxygens (including phenoxy) is 1. The van der Waals surface area contributed by atoms with Gasteiger partial charge in [0.1, 0.15) is 11.6 Å². The maximum absolute atomic E-state index is 13.1. The summed E-state index contributed by atoms with van der Waals surface area (Å²) < 4.78 is 18.5. The lowest BCUT2D eigenvalue weighted by molar-refractivity contribution is 0.340. The molecule has 24 heavy (non-hydrogen) atoms. The van der Waals surface area contributed by atoms with Crippen molar-refractivity contribution in [1.82, 2.24) is 0 Å². The lowest BCUT2D eigenvalue weighted by Crippen LogP contribution is -2.35. The SMILES string of the molecule is CCOc1ccc(NC(=S)N(CCC#N)c2ccc(F)cc2)cc1. The van der Waals surface area contributed by atoms with E-state index in [0.717, 1.165) is 17.1 Å². The van der Waals surface area contributed by atoms with E-state index in [9.17, 15) is 4.39 Å². The van der Waals surface area contributed by atoms with Crippen LogP contribution in [0.15, 0.2) is 48.5 Å². The fourth-order valence-electron chi connectivity index (χ4n) is 2.12. The molecule has 0 atom stereocenters. The van der Waals surface area contributed by atoms with Crippen LogP contribution in [-0.4, -0.2) is 18.3 Å². The number of benzene rings is 2. The molecule has 1 N–H and O–H groups in total. The van der Waals surface area contributed by atoms with Gasteiger partial charge in [0.05, 0.1) is 19.1 Å². The average molecular weight is 343 g/mol. The summed E-state index contributed by atoms with van der Waals surface area (Å²) in [7, 11) is 0. The van der Waals surface area contributed by atoms with Crippen molar-refractivity contribution in [2.24, 2.45) is 0 Å². The van der Waals surface area contributed by atoms with Crippen LogP contribution in [0.1, 0.15) is 13.3 Å². The Hall–Kier alpha value is -2.65. The molecule has 0 aromatic heterocycles. The molecule has 0 aliphatic carbocycles. The summed E-state index contributed by atoms with van der Waals surface area (Å²) in [6.45, 7) is 2.96. The predicted octanol–water partition coefficient (Wildman–Crippen LogP) is 4.34. The molecule has 0 amide bonds. The van der Waals surface area contributed by atoms with Crippen molar-refractivity contribution in [3.8, 4) is 11.8 Å². The Morgan fingerprint density at radius 3 is 2.46 bits per heavy atom. The molecule has 0 radical (unpaired) electrons. The first-order valence-electron chi connectivity index (χ1n) is 7.58. The third-order valence-electron chi connectivity index (χ3n) is 3.25.